The first-order valence-electron chi connectivity index (χ1n) is 5.61. The lowest BCUT2D eigenvalue weighted by Crippen LogP contribution is -2.06. The Hall–Kier alpha value is -2.03. The molecule has 1 heterocycles. The minimum Gasteiger partial charge on any atom is -0.404 e. The van der Waals surface area contributed by atoms with E-state index < -0.39 is 22.5 Å². The molecule has 0 saturated carbocycles. The van der Waals surface area contributed by atoms with Crippen molar-refractivity contribution in [2.24, 2.45) is 0 Å². The number of alkyl halides is 3. The Kier molecular flexibility index (Phi) is 4.21. The van der Waals surface area contributed by atoms with Crippen LogP contribution in [0, 0.1) is 10.1 Å². The van der Waals surface area contributed by atoms with E-state index in [1.54, 1.807) is 0 Å². The Bertz CT molecular complexity index is 670. The molecule has 0 radical (unpaired) electrons. The van der Waals surface area contributed by atoms with Crippen molar-refractivity contribution in [2.75, 3.05) is 5.32 Å². The van der Waals surface area contributed by atoms with Gasteiger partial charge in [0, 0.05) is 10.2 Å². The molecule has 1 N–H and O–H groups in total. The molecule has 1 aromatic heterocycles. The van der Waals surface area contributed by atoms with Crippen molar-refractivity contribution in [3.8, 4) is 0 Å². The smallest absolute Gasteiger partial charge is 0.404 e. The van der Waals surface area contributed by atoms with Crippen molar-refractivity contribution in [3.05, 3.63) is 56.2 Å². The van der Waals surface area contributed by atoms with E-state index in [-0.39, 0.29) is 18.0 Å². The van der Waals surface area contributed by atoms with Crippen LogP contribution < -0.4 is 5.32 Å². The first kappa shape index (κ1) is 15.4. The number of hydrogen-bond acceptors (Lipinski definition) is 4. The van der Waals surface area contributed by atoms with Gasteiger partial charge in [-0.2, -0.15) is 13.2 Å². The van der Waals surface area contributed by atoms with Gasteiger partial charge in [0.05, 0.1) is 18.2 Å². The third-order valence-corrected chi connectivity index (χ3v) is 3.27. The molecule has 0 aliphatic carbocycles. The largest absolute Gasteiger partial charge is 0.433 e. The molecule has 0 saturated heterocycles. The molecule has 0 atom stereocenters. The number of nitro groups is 1. The molecule has 2 rings (SSSR count). The summed E-state index contributed by atoms with van der Waals surface area (Å²) >= 11 is 3.13. The van der Waals surface area contributed by atoms with Crippen LogP contribution in [0.2, 0.25) is 0 Å². The number of anilines is 1. The van der Waals surface area contributed by atoms with E-state index in [0.29, 0.717) is 4.47 Å². The maximum absolute atomic E-state index is 12.6. The average Bonchev–Trinajstić information content (AvgIpc) is 2.85. The number of nitrogens with one attached hydrogen (secondary N) is 1. The molecule has 0 bridgehead atoms. The van der Waals surface area contributed by atoms with Gasteiger partial charge in [0.2, 0.25) is 0 Å². The van der Waals surface area contributed by atoms with Crippen molar-refractivity contribution in [1.82, 2.24) is 0 Å². The van der Waals surface area contributed by atoms with Crippen molar-refractivity contribution >= 4 is 27.5 Å². The minimum absolute atomic E-state index is 0.0216. The number of benzene rings is 1. The van der Waals surface area contributed by atoms with Crippen molar-refractivity contribution < 1.29 is 22.5 Å². The minimum atomic E-state index is -4.44. The second-order valence-corrected chi connectivity index (χ2v) is 4.90. The van der Waals surface area contributed by atoms with Crippen LogP contribution in [0.3, 0.4) is 0 Å². The molecular formula is C12H8BrF3N2O3. The number of halogens is 4. The van der Waals surface area contributed by atoms with Crippen LogP contribution in [0.5, 0.6) is 0 Å². The van der Waals surface area contributed by atoms with Gasteiger partial charge in [-0.25, -0.2) is 0 Å². The van der Waals surface area contributed by atoms with E-state index in [1.165, 1.54) is 18.2 Å². The van der Waals surface area contributed by atoms with Gasteiger partial charge in [-0.15, -0.1) is 0 Å². The molecule has 9 heteroatoms. The summed E-state index contributed by atoms with van der Waals surface area (Å²) in [7, 11) is 0. The third-order valence-electron chi connectivity index (χ3n) is 2.57. The zero-order valence-corrected chi connectivity index (χ0v) is 11.9. The van der Waals surface area contributed by atoms with Crippen LogP contribution in [0.4, 0.5) is 24.7 Å². The molecule has 0 aliphatic heterocycles. The zero-order valence-electron chi connectivity index (χ0n) is 10.3. The Balaban J connectivity index is 2.13. The molecule has 0 unspecified atom stereocenters. The number of rotatable bonds is 4. The first-order valence-corrected chi connectivity index (χ1v) is 6.40. The molecule has 0 aliphatic rings. The maximum atomic E-state index is 12.6. The van der Waals surface area contributed by atoms with Gasteiger partial charge in [0.15, 0.2) is 0 Å². The van der Waals surface area contributed by atoms with Crippen molar-refractivity contribution in [2.45, 2.75) is 12.7 Å². The van der Waals surface area contributed by atoms with E-state index in [9.17, 15) is 23.3 Å². The summed E-state index contributed by atoms with van der Waals surface area (Å²) in [6.45, 7) is 0.0216. The van der Waals surface area contributed by atoms with E-state index in [0.717, 1.165) is 12.1 Å². The highest BCUT2D eigenvalue weighted by molar-refractivity contribution is 9.10. The normalized spacial score (nSPS) is 11.4. The van der Waals surface area contributed by atoms with Gasteiger partial charge in [-0.1, -0.05) is 0 Å². The molecule has 0 fully saturated rings. The van der Waals surface area contributed by atoms with E-state index >= 15 is 0 Å². The van der Waals surface area contributed by atoms with Gasteiger partial charge in [0.25, 0.3) is 0 Å². The van der Waals surface area contributed by atoms with Gasteiger partial charge in [-0.3, -0.25) is 10.1 Å². The van der Waals surface area contributed by atoms with Gasteiger partial charge >= 0.3 is 12.1 Å². The molecule has 1 aromatic carbocycles. The predicted octanol–water partition coefficient (Wildman–Crippen LogP) is 4.58. The summed E-state index contributed by atoms with van der Waals surface area (Å²) in [5.41, 5.74) is -0.581. The van der Waals surface area contributed by atoms with Crippen LogP contribution in [-0.2, 0) is 12.7 Å². The lowest BCUT2D eigenvalue weighted by atomic mass is 10.2. The predicted molar refractivity (Wildman–Crippen MR) is 71.8 cm³/mol. The average molecular weight is 365 g/mol. The van der Waals surface area contributed by atoms with Crippen molar-refractivity contribution in [1.29, 1.82) is 0 Å². The molecular weight excluding hydrogens is 357 g/mol. The second-order valence-electron chi connectivity index (χ2n) is 4.04. The van der Waals surface area contributed by atoms with Gasteiger partial charge < -0.3 is 9.73 Å². The second kappa shape index (κ2) is 5.76. The number of hydrogen-bond donors (Lipinski definition) is 1. The van der Waals surface area contributed by atoms with E-state index in [2.05, 4.69) is 21.2 Å². The quantitative estimate of drug-likeness (QED) is 0.636. The molecule has 0 amide bonds. The lowest BCUT2D eigenvalue weighted by Gasteiger charge is -2.11. The molecule has 5 nitrogen and oxygen atoms in total. The highest BCUT2D eigenvalue weighted by atomic mass is 79.9. The van der Waals surface area contributed by atoms with E-state index in [1.807, 2.05) is 0 Å². The summed E-state index contributed by atoms with van der Waals surface area (Å²) in [6.07, 6.45) is -4.44. The molecule has 21 heavy (non-hydrogen) atoms. The summed E-state index contributed by atoms with van der Waals surface area (Å²) in [4.78, 5) is 9.77. The Morgan fingerprint density at radius 3 is 2.57 bits per heavy atom. The molecule has 0 spiro atoms. The Labute approximate surface area is 125 Å². The SMILES string of the molecule is O=[N+]([O-])c1ccc(CNc2cc(C(F)(F)F)ccc2Br)o1. The Morgan fingerprint density at radius 1 is 1.29 bits per heavy atom. The highest BCUT2D eigenvalue weighted by Gasteiger charge is 2.30. The summed E-state index contributed by atoms with van der Waals surface area (Å²) in [5.74, 6) is -0.180. The van der Waals surface area contributed by atoms with Crippen LogP contribution in [0.25, 0.3) is 0 Å². The van der Waals surface area contributed by atoms with Gasteiger partial charge in [0.1, 0.15) is 10.7 Å². The fraction of sp³-hybridized carbons (Fsp3) is 0.167. The fourth-order valence-corrected chi connectivity index (χ4v) is 1.97. The third kappa shape index (κ3) is 3.75. The summed E-state index contributed by atoms with van der Waals surface area (Å²) in [5, 5.41) is 13.2. The highest BCUT2D eigenvalue weighted by Crippen LogP contribution is 2.34. The lowest BCUT2D eigenvalue weighted by molar-refractivity contribution is -0.402. The van der Waals surface area contributed by atoms with Crippen molar-refractivity contribution in [3.63, 3.8) is 0 Å². The first-order chi connectivity index (χ1) is 9.77. The van der Waals surface area contributed by atoms with Crippen LogP contribution >= 0.6 is 15.9 Å². The van der Waals surface area contributed by atoms with Gasteiger partial charge in [-0.05, 0) is 40.2 Å². The molecule has 112 valence electrons. The van der Waals surface area contributed by atoms with Crippen LogP contribution in [-0.4, -0.2) is 4.92 Å². The van der Waals surface area contributed by atoms with E-state index in [4.69, 9.17) is 4.42 Å². The summed E-state index contributed by atoms with van der Waals surface area (Å²) in [6, 6.07) is 5.73. The molecule has 2 aromatic rings. The number of nitrogens with zero attached hydrogens (tertiary/aromatic N) is 1. The number of furan rings is 1. The monoisotopic (exact) mass is 364 g/mol. The standard InChI is InChI=1S/C12H8BrF3N2O3/c13-9-3-1-7(12(14,15)16)5-10(9)17-6-8-2-4-11(21-8)18(19)20/h1-5,17H,6H2. The van der Waals surface area contributed by atoms with Crippen LogP contribution in [0.15, 0.2) is 39.2 Å². The summed E-state index contributed by atoms with van der Waals surface area (Å²) < 4.78 is 43.2. The zero-order chi connectivity index (χ0) is 15.6. The fourth-order valence-electron chi connectivity index (χ4n) is 1.58. The Morgan fingerprint density at radius 2 is 2.00 bits per heavy atom. The maximum Gasteiger partial charge on any atom is 0.433 e. The van der Waals surface area contributed by atoms with Crippen LogP contribution in [0.1, 0.15) is 11.3 Å². The topological polar surface area (TPSA) is 68.3 Å².